The minimum Gasteiger partial charge on any atom is -0.456 e. The molecule has 2 heterocycles. The van der Waals surface area contributed by atoms with Crippen LogP contribution in [0, 0.1) is 0 Å². The van der Waals surface area contributed by atoms with Crippen molar-refractivity contribution in [2.45, 2.75) is 6.54 Å². The first-order valence-corrected chi connectivity index (χ1v) is 4.39. The topological polar surface area (TPSA) is 55.9 Å². The van der Waals surface area contributed by atoms with E-state index < -0.39 is 0 Å². The van der Waals surface area contributed by atoms with Gasteiger partial charge in [-0.15, -0.1) is 10.2 Å². The Labute approximate surface area is 81.8 Å². The number of aryl methyl sites for hydroxylation is 1. The molecule has 2 aromatic heterocycles. The Bertz CT molecular complexity index is 418. The lowest BCUT2D eigenvalue weighted by Crippen LogP contribution is -2.03. The SMILES string of the molecule is CNCc1ccc(-c2nncn2C)o1. The van der Waals surface area contributed by atoms with Crippen LogP contribution in [0.1, 0.15) is 5.76 Å². The molecule has 0 amide bonds. The molecule has 0 spiro atoms. The summed E-state index contributed by atoms with van der Waals surface area (Å²) in [7, 11) is 3.76. The second-order valence-electron chi connectivity index (χ2n) is 3.06. The van der Waals surface area contributed by atoms with Gasteiger partial charge >= 0.3 is 0 Å². The Hall–Kier alpha value is -1.62. The first-order valence-electron chi connectivity index (χ1n) is 4.39. The molecule has 0 atom stereocenters. The van der Waals surface area contributed by atoms with Gasteiger partial charge in [0, 0.05) is 7.05 Å². The van der Waals surface area contributed by atoms with Gasteiger partial charge in [-0.2, -0.15) is 0 Å². The Kier molecular flexibility index (Phi) is 2.32. The quantitative estimate of drug-likeness (QED) is 0.781. The predicted octanol–water partition coefficient (Wildman–Crippen LogP) is 0.794. The van der Waals surface area contributed by atoms with Gasteiger partial charge in [-0.05, 0) is 19.2 Å². The molecule has 0 aliphatic heterocycles. The molecule has 2 rings (SSSR count). The second kappa shape index (κ2) is 3.63. The molecule has 5 nitrogen and oxygen atoms in total. The average molecular weight is 192 g/mol. The van der Waals surface area contributed by atoms with E-state index in [1.165, 1.54) is 0 Å². The van der Waals surface area contributed by atoms with E-state index in [-0.39, 0.29) is 0 Å². The van der Waals surface area contributed by atoms with Crippen molar-refractivity contribution in [3.63, 3.8) is 0 Å². The summed E-state index contributed by atoms with van der Waals surface area (Å²) in [5.74, 6) is 2.38. The maximum absolute atomic E-state index is 5.56. The van der Waals surface area contributed by atoms with E-state index in [4.69, 9.17) is 4.42 Å². The molecule has 14 heavy (non-hydrogen) atoms. The first-order chi connectivity index (χ1) is 6.81. The number of aromatic nitrogens is 3. The zero-order chi connectivity index (χ0) is 9.97. The molecule has 1 N–H and O–H groups in total. The summed E-state index contributed by atoms with van der Waals surface area (Å²) >= 11 is 0. The first kappa shape index (κ1) is 8.96. The summed E-state index contributed by atoms with van der Waals surface area (Å²) in [6.07, 6.45) is 1.65. The molecule has 0 unspecified atom stereocenters. The van der Waals surface area contributed by atoms with Crippen molar-refractivity contribution in [2.75, 3.05) is 7.05 Å². The van der Waals surface area contributed by atoms with Gasteiger partial charge in [-0.3, -0.25) is 0 Å². The molecule has 0 fully saturated rings. The number of hydrogen-bond donors (Lipinski definition) is 1. The van der Waals surface area contributed by atoms with Crippen LogP contribution in [0.2, 0.25) is 0 Å². The van der Waals surface area contributed by atoms with Crippen LogP contribution in [0.4, 0.5) is 0 Å². The fraction of sp³-hybridized carbons (Fsp3) is 0.333. The second-order valence-corrected chi connectivity index (χ2v) is 3.06. The van der Waals surface area contributed by atoms with Crippen LogP contribution in [-0.2, 0) is 13.6 Å². The third-order valence-electron chi connectivity index (χ3n) is 1.94. The van der Waals surface area contributed by atoms with Crippen molar-refractivity contribution >= 4 is 0 Å². The van der Waals surface area contributed by atoms with E-state index in [1.807, 2.05) is 30.8 Å². The maximum atomic E-state index is 5.56. The maximum Gasteiger partial charge on any atom is 0.199 e. The number of nitrogens with zero attached hydrogens (tertiary/aromatic N) is 3. The van der Waals surface area contributed by atoms with Crippen molar-refractivity contribution < 1.29 is 4.42 Å². The Morgan fingerprint density at radius 2 is 2.36 bits per heavy atom. The summed E-state index contributed by atoms with van der Waals surface area (Å²) in [5.41, 5.74) is 0. The normalized spacial score (nSPS) is 10.7. The van der Waals surface area contributed by atoms with Crippen molar-refractivity contribution in [3.05, 3.63) is 24.2 Å². The minimum absolute atomic E-state index is 0.720. The number of furan rings is 1. The highest BCUT2D eigenvalue weighted by atomic mass is 16.3. The van der Waals surface area contributed by atoms with Crippen LogP contribution in [0.15, 0.2) is 22.9 Å². The van der Waals surface area contributed by atoms with Crippen LogP contribution in [0.25, 0.3) is 11.6 Å². The zero-order valence-electron chi connectivity index (χ0n) is 8.19. The molecular formula is C9H12N4O. The van der Waals surface area contributed by atoms with E-state index in [2.05, 4.69) is 15.5 Å². The zero-order valence-corrected chi connectivity index (χ0v) is 8.19. The highest BCUT2D eigenvalue weighted by Crippen LogP contribution is 2.18. The van der Waals surface area contributed by atoms with E-state index in [9.17, 15) is 0 Å². The van der Waals surface area contributed by atoms with E-state index >= 15 is 0 Å². The van der Waals surface area contributed by atoms with Crippen LogP contribution >= 0.6 is 0 Å². The fourth-order valence-corrected chi connectivity index (χ4v) is 1.27. The molecule has 0 aliphatic rings. The Morgan fingerprint density at radius 3 is 3.00 bits per heavy atom. The molecule has 2 aromatic rings. The van der Waals surface area contributed by atoms with Gasteiger partial charge in [0.05, 0.1) is 6.54 Å². The summed E-state index contributed by atoms with van der Waals surface area (Å²) in [4.78, 5) is 0. The van der Waals surface area contributed by atoms with Gasteiger partial charge in [0.25, 0.3) is 0 Å². The molecule has 5 heteroatoms. The van der Waals surface area contributed by atoms with Crippen molar-refractivity contribution in [1.29, 1.82) is 0 Å². The van der Waals surface area contributed by atoms with Crippen LogP contribution < -0.4 is 5.32 Å². The molecule has 74 valence electrons. The Morgan fingerprint density at radius 1 is 1.50 bits per heavy atom. The molecule has 0 bridgehead atoms. The lowest BCUT2D eigenvalue weighted by molar-refractivity contribution is 0.502. The largest absolute Gasteiger partial charge is 0.456 e. The van der Waals surface area contributed by atoms with Gasteiger partial charge in [0.2, 0.25) is 0 Å². The molecule has 0 saturated carbocycles. The lowest BCUT2D eigenvalue weighted by Gasteiger charge is -1.95. The van der Waals surface area contributed by atoms with Crippen molar-refractivity contribution in [2.24, 2.45) is 7.05 Å². The lowest BCUT2D eigenvalue weighted by atomic mass is 10.4. The van der Waals surface area contributed by atoms with Crippen LogP contribution in [0.5, 0.6) is 0 Å². The minimum atomic E-state index is 0.720. The highest BCUT2D eigenvalue weighted by Gasteiger charge is 2.08. The average Bonchev–Trinajstić information content (AvgIpc) is 2.74. The molecule has 0 saturated heterocycles. The molecule has 0 aromatic carbocycles. The van der Waals surface area contributed by atoms with Gasteiger partial charge in [0.1, 0.15) is 12.1 Å². The summed E-state index contributed by atoms with van der Waals surface area (Å²) in [5, 5.41) is 10.8. The molecular weight excluding hydrogens is 180 g/mol. The molecule has 0 aliphatic carbocycles. The standard InChI is InChI=1S/C9H12N4O/c1-10-5-7-3-4-8(14-7)9-12-11-6-13(9)2/h3-4,6,10H,5H2,1-2H3. The van der Waals surface area contributed by atoms with Gasteiger partial charge in [-0.25, -0.2) is 0 Å². The number of rotatable bonds is 3. The van der Waals surface area contributed by atoms with Crippen molar-refractivity contribution in [3.8, 4) is 11.6 Å². The third-order valence-corrected chi connectivity index (χ3v) is 1.94. The van der Waals surface area contributed by atoms with E-state index in [0.717, 1.165) is 23.9 Å². The van der Waals surface area contributed by atoms with Gasteiger partial charge in [-0.1, -0.05) is 0 Å². The number of nitrogens with one attached hydrogen (secondary N) is 1. The monoisotopic (exact) mass is 192 g/mol. The fourth-order valence-electron chi connectivity index (χ4n) is 1.27. The van der Waals surface area contributed by atoms with Gasteiger partial charge in [0.15, 0.2) is 11.6 Å². The smallest absolute Gasteiger partial charge is 0.199 e. The predicted molar refractivity (Wildman–Crippen MR) is 51.5 cm³/mol. The Balaban J connectivity index is 2.29. The summed E-state index contributed by atoms with van der Waals surface area (Å²) in [6, 6.07) is 3.83. The van der Waals surface area contributed by atoms with Crippen LogP contribution in [0.3, 0.4) is 0 Å². The van der Waals surface area contributed by atoms with E-state index in [1.54, 1.807) is 6.33 Å². The van der Waals surface area contributed by atoms with E-state index in [0.29, 0.717) is 0 Å². The van der Waals surface area contributed by atoms with Crippen molar-refractivity contribution in [1.82, 2.24) is 20.1 Å². The molecule has 0 radical (unpaired) electrons. The van der Waals surface area contributed by atoms with Gasteiger partial charge < -0.3 is 14.3 Å². The number of hydrogen-bond acceptors (Lipinski definition) is 4. The van der Waals surface area contributed by atoms with Crippen LogP contribution in [-0.4, -0.2) is 21.8 Å². The third kappa shape index (κ3) is 1.54. The highest BCUT2D eigenvalue weighted by molar-refractivity contribution is 5.46. The summed E-state index contributed by atoms with van der Waals surface area (Å²) < 4.78 is 7.38. The summed E-state index contributed by atoms with van der Waals surface area (Å²) in [6.45, 7) is 0.720.